The van der Waals surface area contributed by atoms with E-state index in [-0.39, 0.29) is 41.4 Å². The van der Waals surface area contributed by atoms with Gasteiger partial charge in [-0.1, -0.05) is 25.3 Å². The van der Waals surface area contributed by atoms with Gasteiger partial charge in [0.2, 0.25) is 10.0 Å². The maximum absolute atomic E-state index is 12.7. The van der Waals surface area contributed by atoms with Crippen LogP contribution in [0.25, 0.3) is 0 Å². The van der Waals surface area contributed by atoms with Gasteiger partial charge in [-0.05, 0) is 43.4 Å². The molecule has 1 aliphatic carbocycles. The van der Waals surface area contributed by atoms with Crippen LogP contribution in [0.2, 0.25) is 0 Å². The Labute approximate surface area is 156 Å². The van der Waals surface area contributed by atoms with Crippen LogP contribution in [0.5, 0.6) is 0 Å². The average molecular weight is 391 g/mol. The minimum atomic E-state index is -3.74. The molecule has 1 aromatic carbocycles. The first-order valence-electron chi connectivity index (χ1n) is 8.30. The molecule has 1 aliphatic rings. The lowest BCUT2D eigenvalue weighted by Gasteiger charge is -2.29. The van der Waals surface area contributed by atoms with E-state index >= 15 is 0 Å². The molecule has 6 nitrogen and oxygen atoms in total. The third-order valence-electron chi connectivity index (χ3n) is 4.70. The Morgan fingerprint density at radius 3 is 2.52 bits per heavy atom. The number of rotatable bonds is 6. The van der Waals surface area contributed by atoms with Crippen LogP contribution in [-0.4, -0.2) is 34.1 Å². The van der Waals surface area contributed by atoms with Gasteiger partial charge in [0.15, 0.2) is 0 Å². The van der Waals surface area contributed by atoms with Gasteiger partial charge in [0.25, 0.3) is 0 Å². The number of nitrogens with two attached hydrogens (primary N) is 1. The number of carbonyl (C=O) groups is 1. The molecule has 0 saturated heterocycles. The van der Waals surface area contributed by atoms with Crippen LogP contribution in [0.1, 0.15) is 48.0 Å². The molecule has 0 heterocycles. The molecule has 1 unspecified atom stereocenters. The summed E-state index contributed by atoms with van der Waals surface area (Å²) in [6.07, 6.45) is 5.40. The van der Waals surface area contributed by atoms with E-state index in [1.54, 1.807) is 13.0 Å². The van der Waals surface area contributed by atoms with E-state index in [1.165, 1.54) is 25.7 Å². The summed E-state index contributed by atoms with van der Waals surface area (Å²) >= 11 is 0. The van der Waals surface area contributed by atoms with Gasteiger partial charge in [0.1, 0.15) is 0 Å². The summed E-state index contributed by atoms with van der Waals surface area (Å²) in [6, 6.07) is 4.19. The zero-order chi connectivity index (χ0) is 17.7. The Morgan fingerprint density at radius 1 is 1.32 bits per heavy atom. The van der Waals surface area contributed by atoms with E-state index < -0.39 is 16.0 Å². The van der Waals surface area contributed by atoms with Crippen molar-refractivity contribution < 1.29 is 17.9 Å². The summed E-state index contributed by atoms with van der Waals surface area (Å²) in [5, 5.41) is 0. The second-order valence-electron chi connectivity index (χ2n) is 6.33. The Kier molecular flexibility index (Phi) is 8.34. The molecule has 8 heteroatoms. The fourth-order valence-corrected chi connectivity index (χ4v) is 4.58. The number of halogens is 1. The minimum absolute atomic E-state index is 0. The summed E-state index contributed by atoms with van der Waals surface area (Å²) < 4.78 is 32.8. The Balaban J connectivity index is 0.00000312. The highest BCUT2D eigenvalue weighted by Crippen LogP contribution is 2.27. The van der Waals surface area contributed by atoms with Gasteiger partial charge in [-0.15, -0.1) is 12.4 Å². The van der Waals surface area contributed by atoms with Gasteiger partial charge in [-0.25, -0.2) is 17.9 Å². The number of nitrogens with one attached hydrogen (secondary N) is 1. The van der Waals surface area contributed by atoms with Crippen LogP contribution in [-0.2, 0) is 14.8 Å². The van der Waals surface area contributed by atoms with Crippen LogP contribution in [0.15, 0.2) is 23.1 Å². The van der Waals surface area contributed by atoms with E-state index in [1.807, 2.05) is 0 Å². The summed E-state index contributed by atoms with van der Waals surface area (Å²) in [5.41, 5.74) is 6.73. The number of hydrogen-bond acceptors (Lipinski definition) is 5. The molecule has 142 valence electrons. The van der Waals surface area contributed by atoms with E-state index in [9.17, 15) is 13.2 Å². The lowest BCUT2D eigenvalue weighted by Crippen LogP contribution is -2.45. The van der Waals surface area contributed by atoms with Crippen LogP contribution >= 0.6 is 12.4 Å². The second-order valence-corrected chi connectivity index (χ2v) is 8.04. The number of sulfonamides is 1. The van der Waals surface area contributed by atoms with Gasteiger partial charge in [0.05, 0.1) is 17.6 Å². The van der Waals surface area contributed by atoms with Crippen molar-refractivity contribution in [1.29, 1.82) is 0 Å². The molecule has 0 aliphatic heterocycles. The lowest BCUT2D eigenvalue weighted by atomic mass is 9.84. The Hall–Kier alpha value is -1.15. The van der Waals surface area contributed by atoms with Crippen molar-refractivity contribution in [3.63, 3.8) is 0 Å². The molecule has 3 N–H and O–H groups in total. The third-order valence-corrected chi connectivity index (χ3v) is 6.19. The maximum atomic E-state index is 12.7. The zero-order valence-electron chi connectivity index (χ0n) is 14.7. The largest absolute Gasteiger partial charge is 0.465 e. The first-order valence-corrected chi connectivity index (χ1v) is 9.78. The SMILES string of the molecule is COC(=O)c1cc(S(=O)(=O)NC(CN)C2CCCCC2)ccc1C.Cl. The van der Waals surface area contributed by atoms with Crippen molar-refractivity contribution in [2.45, 2.75) is 50.0 Å². The monoisotopic (exact) mass is 390 g/mol. The number of benzene rings is 1. The Morgan fingerprint density at radius 2 is 1.96 bits per heavy atom. The van der Waals surface area contributed by atoms with Crippen molar-refractivity contribution in [3.8, 4) is 0 Å². The molecular formula is C17H27ClN2O4S. The summed E-state index contributed by atoms with van der Waals surface area (Å²) in [6.45, 7) is 2.00. The average Bonchev–Trinajstić information content (AvgIpc) is 2.60. The summed E-state index contributed by atoms with van der Waals surface area (Å²) in [7, 11) is -2.47. The topological polar surface area (TPSA) is 98.5 Å². The van der Waals surface area contributed by atoms with E-state index in [0.717, 1.165) is 25.7 Å². The first kappa shape index (κ1) is 21.9. The van der Waals surface area contributed by atoms with Crippen LogP contribution in [0.4, 0.5) is 0 Å². The van der Waals surface area contributed by atoms with Gasteiger partial charge in [-0.2, -0.15) is 0 Å². The highest BCUT2D eigenvalue weighted by Gasteiger charge is 2.28. The van der Waals surface area contributed by atoms with Crippen molar-refractivity contribution >= 4 is 28.4 Å². The standard InChI is InChI=1S/C17H26N2O4S.ClH/c1-12-8-9-14(10-15(12)17(20)23-2)24(21,22)19-16(11-18)13-6-4-3-5-7-13;/h8-10,13,16,19H,3-7,11,18H2,1-2H3;1H. The van der Waals surface area contributed by atoms with Crippen molar-refractivity contribution in [3.05, 3.63) is 29.3 Å². The first-order chi connectivity index (χ1) is 11.4. The fraction of sp³-hybridized carbons (Fsp3) is 0.588. The normalized spacial score (nSPS) is 16.8. The minimum Gasteiger partial charge on any atom is -0.465 e. The number of methoxy groups -OCH3 is 1. The molecule has 0 amide bonds. The molecule has 2 rings (SSSR count). The zero-order valence-corrected chi connectivity index (χ0v) is 16.3. The van der Waals surface area contributed by atoms with Gasteiger partial charge in [-0.3, -0.25) is 0 Å². The molecule has 0 spiro atoms. The number of hydrogen-bond donors (Lipinski definition) is 2. The molecular weight excluding hydrogens is 364 g/mol. The number of ether oxygens (including phenoxy) is 1. The second kappa shape index (κ2) is 9.52. The predicted octanol–water partition coefficient (Wildman–Crippen LogP) is 2.39. The number of carbonyl (C=O) groups excluding carboxylic acids is 1. The molecule has 1 aromatic rings. The van der Waals surface area contributed by atoms with E-state index in [4.69, 9.17) is 10.5 Å². The molecule has 25 heavy (non-hydrogen) atoms. The number of esters is 1. The number of aryl methyl sites for hydroxylation is 1. The third kappa shape index (κ3) is 5.41. The van der Waals surface area contributed by atoms with Crippen molar-refractivity contribution in [2.24, 2.45) is 11.7 Å². The van der Waals surface area contributed by atoms with E-state index in [2.05, 4.69) is 4.72 Å². The van der Waals surface area contributed by atoms with Crippen LogP contribution in [0.3, 0.4) is 0 Å². The molecule has 1 fully saturated rings. The van der Waals surface area contributed by atoms with Gasteiger partial charge >= 0.3 is 5.97 Å². The summed E-state index contributed by atoms with van der Waals surface area (Å²) in [4.78, 5) is 11.8. The van der Waals surface area contributed by atoms with Gasteiger partial charge in [0, 0.05) is 12.6 Å². The maximum Gasteiger partial charge on any atom is 0.338 e. The molecule has 0 radical (unpaired) electrons. The molecule has 1 saturated carbocycles. The van der Waals surface area contributed by atoms with Crippen LogP contribution in [0, 0.1) is 12.8 Å². The molecule has 0 aromatic heterocycles. The fourth-order valence-electron chi connectivity index (χ4n) is 3.24. The quantitative estimate of drug-likeness (QED) is 0.726. The Bertz CT molecular complexity index is 688. The highest BCUT2D eigenvalue weighted by atomic mass is 35.5. The summed E-state index contributed by atoms with van der Waals surface area (Å²) in [5.74, 6) is -0.281. The lowest BCUT2D eigenvalue weighted by molar-refractivity contribution is 0.0599. The van der Waals surface area contributed by atoms with E-state index in [0.29, 0.717) is 5.56 Å². The van der Waals surface area contributed by atoms with Crippen molar-refractivity contribution in [2.75, 3.05) is 13.7 Å². The highest BCUT2D eigenvalue weighted by molar-refractivity contribution is 7.89. The van der Waals surface area contributed by atoms with Gasteiger partial charge < -0.3 is 10.5 Å². The van der Waals surface area contributed by atoms with Crippen molar-refractivity contribution in [1.82, 2.24) is 4.72 Å². The predicted molar refractivity (Wildman–Crippen MR) is 99.5 cm³/mol. The molecule has 1 atom stereocenters. The molecule has 0 bridgehead atoms. The smallest absolute Gasteiger partial charge is 0.338 e. The van der Waals surface area contributed by atoms with Crippen LogP contribution < -0.4 is 10.5 Å².